The fraction of sp³-hybridized carbons (Fsp3) is 0.667. The molecule has 0 aliphatic heterocycles. The lowest BCUT2D eigenvalue weighted by atomic mass is 10.0. The van der Waals surface area contributed by atoms with Crippen LogP contribution in [0.2, 0.25) is 0 Å². The predicted molar refractivity (Wildman–Crippen MR) is 86.3 cm³/mol. The molecular formula is C18H32O. The Morgan fingerprint density at radius 1 is 0.895 bits per heavy atom. The molecule has 110 valence electrons. The van der Waals surface area contributed by atoms with Gasteiger partial charge in [-0.3, -0.25) is 0 Å². The van der Waals surface area contributed by atoms with Gasteiger partial charge in [0.1, 0.15) is 0 Å². The van der Waals surface area contributed by atoms with E-state index in [2.05, 4.69) is 25.7 Å². The first-order chi connectivity index (χ1) is 9.31. The number of allylic oxidation sites excluding steroid dienone is 5. The van der Waals surface area contributed by atoms with E-state index in [-0.39, 0.29) is 6.10 Å². The van der Waals surface area contributed by atoms with Gasteiger partial charge in [0.05, 0.1) is 6.10 Å². The molecule has 1 heteroatoms. The summed E-state index contributed by atoms with van der Waals surface area (Å²) in [4.78, 5) is 0. The highest BCUT2D eigenvalue weighted by molar-refractivity contribution is 5.08. The third-order valence-electron chi connectivity index (χ3n) is 3.29. The van der Waals surface area contributed by atoms with Crippen molar-refractivity contribution in [2.75, 3.05) is 0 Å². The minimum atomic E-state index is -0.0667. The average Bonchev–Trinajstić information content (AvgIpc) is 2.42. The second kappa shape index (κ2) is 15.2. The maximum atomic E-state index is 9.82. The van der Waals surface area contributed by atoms with Crippen LogP contribution in [-0.2, 0) is 0 Å². The molecule has 1 N–H and O–H groups in total. The normalized spacial score (nSPS) is 13.4. The molecule has 0 aliphatic rings. The predicted octanol–water partition coefficient (Wildman–Crippen LogP) is 5.57. The Bertz CT molecular complexity index is 240. The first kappa shape index (κ1) is 18.2. The van der Waals surface area contributed by atoms with Gasteiger partial charge < -0.3 is 5.11 Å². The van der Waals surface area contributed by atoms with Crippen molar-refractivity contribution in [3.8, 4) is 0 Å². The van der Waals surface area contributed by atoms with Gasteiger partial charge in [0.25, 0.3) is 0 Å². The van der Waals surface area contributed by atoms with Crippen molar-refractivity contribution in [3.63, 3.8) is 0 Å². The largest absolute Gasteiger partial charge is 0.393 e. The molecule has 1 nitrogen and oxygen atoms in total. The molecule has 0 bridgehead atoms. The smallest absolute Gasteiger partial charge is 0.0540 e. The van der Waals surface area contributed by atoms with Crippen LogP contribution in [0.3, 0.4) is 0 Å². The lowest BCUT2D eigenvalue weighted by Gasteiger charge is -2.09. The third kappa shape index (κ3) is 15.1. The first-order valence-electron chi connectivity index (χ1n) is 7.93. The van der Waals surface area contributed by atoms with Crippen molar-refractivity contribution in [2.45, 2.75) is 77.2 Å². The van der Waals surface area contributed by atoms with Crippen LogP contribution in [0.5, 0.6) is 0 Å². The van der Waals surface area contributed by atoms with E-state index in [4.69, 9.17) is 0 Å². The lowest BCUT2D eigenvalue weighted by molar-refractivity contribution is 0.147. The molecule has 0 radical (unpaired) electrons. The molecular weight excluding hydrogens is 232 g/mol. The fourth-order valence-electron chi connectivity index (χ4n) is 2.09. The first-order valence-corrected chi connectivity index (χ1v) is 7.93. The molecule has 0 rings (SSSR count). The van der Waals surface area contributed by atoms with Gasteiger partial charge in [-0.25, -0.2) is 0 Å². The van der Waals surface area contributed by atoms with Gasteiger partial charge in [-0.15, -0.1) is 0 Å². The zero-order chi connectivity index (χ0) is 14.2. The Balaban J connectivity index is 3.26. The number of hydrogen-bond acceptors (Lipinski definition) is 1. The zero-order valence-electron chi connectivity index (χ0n) is 12.7. The minimum absolute atomic E-state index is 0.0667. The van der Waals surface area contributed by atoms with E-state index in [9.17, 15) is 5.11 Å². The molecule has 0 spiro atoms. The van der Waals surface area contributed by atoms with Gasteiger partial charge in [0.2, 0.25) is 0 Å². The summed E-state index contributed by atoms with van der Waals surface area (Å²) in [5.74, 6) is 0. The lowest BCUT2D eigenvalue weighted by Crippen LogP contribution is -2.05. The van der Waals surface area contributed by atoms with Crippen LogP contribution >= 0.6 is 0 Å². The zero-order valence-corrected chi connectivity index (χ0v) is 12.7. The number of hydrogen-bond donors (Lipinski definition) is 1. The van der Waals surface area contributed by atoms with Crippen molar-refractivity contribution in [1.82, 2.24) is 0 Å². The summed E-state index contributed by atoms with van der Waals surface area (Å²) < 4.78 is 0. The average molecular weight is 264 g/mol. The molecule has 1 unspecified atom stereocenters. The van der Waals surface area contributed by atoms with E-state index in [1.54, 1.807) is 6.08 Å². The van der Waals surface area contributed by atoms with Gasteiger partial charge in [0.15, 0.2) is 0 Å². The van der Waals surface area contributed by atoms with E-state index in [0.29, 0.717) is 0 Å². The minimum Gasteiger partial charge on any atom is -0.393 e. The second-order valence-corrected chi connectivity index (χ2v) is 5.19. The van der Waals surface area contributed by atoms with E-state index < -0.39 is 0 Å². The van der Waals surface area contributed by atoms with Gasteiger partial charge in [-0.05, 0) is 25.7 Å². The van der Waals surface area contributed by atoms with Crippen molar-refractivity contribution < 1.29 is 5.11 Å². The summed E-state index contributed by atoms with van der Waals surface area (Å²) in [6.45, 7) is 5.84. The third-order valence-corrected chi connectivity index (χ3v) is 3.29. The fourth-order valence-corrected chi connectivity index (χ4v) is 2.09. The van der Waals surface area contributed by atoms with Gasteiger partial charge >= 0.3 is 0 Å². The summed E-state index contributed by atoms with van der Waals surface area (Å²) in [6, 6.07) is 0. The maximum absolute atomic E-state index is 9.82. The maximum Gasteiger partial charge on any atom is 0.0540 e. The summed E-state index contributed by atoms with van der Waals surface area (Å²) in [5, 5.41) is 9.82. The molecule has 0 heterocycles. The van der Waals surface area contributed by atoms with Crippen LogP contribution in [0.15, 0.2) is 37.0 Å². The molecule has 0 aromatic carbocycles. The van der Waals surface area contributed by atoms with Crippen molar-refractivity contribution in [2.24, 2.45) is 0 Å². The number of aliphatic hydroxyl groups is 1. The van der Waals surface area contributed by atoms with Gasteiger partial charge in [-0.1, -0.05) is 82.4 Å². The van der Waals surface area contributed by atoms with Crippen LogP contribution in [0.1, 0.15) is 71.1 Å². The summed E-state index contributed by atoms with van der Waals surface area (Å²) >= 11 is 0. The van der Waals surface area contributed by atoms with Crippen LogP contribution in [-0.4, -0.2) is 11.2 Å². The van der Waals surface area contributed by atoms with Crippen molar-refractivity contribution in [1.29, 1.82) is 0 Å². The Morgan fingerprint density at radius 3 is 2.21 bits per heavy atom. The highest BCUT2D eigenvalue weighted by Gasteiger charge is 2.02. The SMILES string of the molecule is C=C/C=C/C=C/CCCCCC(O)CCCCCC. The molecule has 1 atom stereocenters. The monoisotopic (exact) mass is 264 g/mol. The number of unbranched alkanes of at least 4 members (excludes halogenated alkanes) is 6. The van der Waals surface area contributed by atoms with E-state index >= 15 is 0 Å². The highest BCUT2D eigenvalue weighted by atomic mass is 16.3. The van der Waals surface area contributed by atoms with Crippen LogP contribution in [0.25, 0.3) is 0 Å². The van der Waals surface area contributed by atoms with Crippen molar-refractivity contribution >= 4 is 0 Å². The number of aliphatic hydroxyl groups excluding tert-OH is 1. The summed E-state index contributed by atoms with van der Waals surface area (Å²) in [5.41, 5.74) is 0. The molecule has 19 heavy (non-hydrogen) atoms. The van der Waals surface area contributed by atoms with E-state index in [1.165, 1.54) is 38.5 Å². The number of rotatable bonds is 13. The molecule has 0 saturated heterocycles. The Labute approximate surface area is 120 Å². The Hall–Kier alpha value is -0.820. The molecule has 0 amide bonds. The Kier molecular flexibility index (Phi) is 14.6. The van der Waals surface area contributed by atoms with Crippen molar-refractivity contribution in [3.05, 3.63) is 37.0 Å². The van der Waals surface area contributed by atoms with Crippen LogP contribution in [0.4, 0.5) is 0 Å². The van der Waals surface area contributed by atoms with Gasteiger partial charge in [0, 0.05) is 0 Å². The molecule has 0 fully saturated rings. The highest BCUT2D eigenvalue weighted by Crippen LogP contribution is 2.12. The molecule has 0 aliphatic carbocycles. The molecule has 0 saturated carbocycles. The topological polar surface area (TPSA) is 20.2 Å². The van der Waals surface area contributed by atoms with E-state index in [1.807, 2.05) is 12.2 Å². The Morgan fingerprint density at radius 2 is 1.58 bits per heavy atom. The second-order valence-electron chi connectivity index (χ2n) is 5.19. The molecule has 0 aromatic rings. The van der Waals surface area contributed by atoms with Gasteiger partial charge in [-0.2, -0.15) is 0 Å². The summed E-state index contributed by atoms with van der Waals surface area (Å²) in [7, 11) is 0. The van der Waals surface area contributed by atoms with E-state index in [0.717, 1.165) is 25.7 Å². The summed E-state index contributed by atoms with van der Waals surface area (Å²) in [6.07, 6.45) is 21.7. The standard InChI is InChI=1S/C18H32O/c1-3-5-7-9-10-11-12-13-15-17-18(19)16-14-8-6-4-2/h3,5,7,9-10,18-19H,1,4,6,8,11-17H2,2H3/b7-5+,10-9+. The van der Waals surface area contributed by atoms with Crippen LogP contribution in [0, 0.1) is 0 Å². The van der Waals surface area contributed by atoms with Crippen LogP contribution < -0.4 is 0 Å². The quantitative estimate of drug-likeness (QED) is 0.341. The molecule has 0 aromatic heterocycles.